The molecule has 1 saturated heterocycles. The van der Waals surface area contributed by atoms with Crippen LogP contribution in [0.25, 0.3) is 0 Å². The van der Waals surface area contributed by atoms with Gasteiger partial charge in [0.1, 0.15) is 0 Å². The number of hydrogen-bond donors (Lipinski definition) is 1. The first-order valence-electron chi connectivity index (χ1n) is 6.95. The maximum atomic E-state index is 11.8. The molecule has 20 heavy (non-hydrogen) atoms. The van der Waals surface area contributed by atoms with Gasteiger partial charge >= 0.3 is 0 Å². The summed E-state index contributed by atoms with van der Waals surface area (Å²) in [6.07, 6.45) is 1.93. The van der Waals surface area contributed by atoms with E-state index in [1.54, 1.807) is 12.1 Å². The summed E-state index contributed by atoms with van der Waals surface area (Å²) < 4.78 is 11.8. The second-order valence-electron chi connectivity index (χ2n) is 4.92. The summed E-state index contributed by atoms with van der Waals surface area (Å²) in [6.45, 7) is 3.76. The fourth-order valence-corrected chi connectivity index (χ4v) is 2.31. The van der Waals surface area contributed by atoms with Gasteiger partial charge in [-0.2, -0.15) is 0 Å². The summed E-state index contributed by atoms with van der Waals surface area (Å²) in [5.74, 6) is 0.508. The van der Waals surface area contributed by atoms with E-state index in [1.807, 2.05) is 12.1 Å². The minimum Gasteiger partial charge on any atom is -0.381 e. The van der Waals surface area contributed by atoms with Crippen molar-refractivity contribution in [1.29, 1.82) is 0 Å². The third-order valence-corrected chi connectivity index (χ3v) is 3.76. The fourth-order valence-electron chi connectivity index (χ4n) is 2.04. The normalized spacial score (nSPS) is 18.1. The van der Waals surface area contributed by atoms with Gasteiger partial charge < -0.3 is 14.8 Å². The third kappa shape index (κ3) is 5.23. The summed E-state index contributed by atoms with van der Waals surface area (Å²) >= 11 is 3.35. The maximum Gasteiger partial charge on any atom is 0.251 e. The highest BCUT2D eigenvalue weighted by Gasteiger charge is 2.15. The van der Waals surface area contributed by atoms with Crippen LogP contribution in [0.3, 0.4) is 0 Å². The Bertz CT molecular complexity index is 416. The Morgan fingerprint density at radius 2 is 2.20 bits per heavy atom. The lowest BCUT2D eigenvalue weighted by Gasteiger charge is -2.09. The number of amides is 1. The molecule has 0 radical (unpaired) electrons. The van der Waals surface area contributed by atoms with Crippen molar-refractivity contribution in [3.05, 3.63) is 34.3 Å². The molecule has 0 aliphatic carbocycles. The first-order valence-corrected chi connectivity index (χ1v) is 7.74. The standard InChI is InChI=1S/C15H20BrNO3/c16-14-4-2-13(3-5-14)15(18)17-7-1-8-19-10-12-6-9-20-11-12/h2-5,12H,1,6-11H2,(H,17,18). The smallest absolute Gasteiger partial charge is 0.251 e. The van der Waals surface area contributed by atoms with Crippen LogP contribution in [0, 0.1) is 5.92 Å². The molecular formula is C15H20BrNO3. The van der Waals surface area contributed by atoms with Crippen molar-refractivity contribution in [2.24, 2.45) is 5.92 Å². The zero-order chi connectivity index (χ0) is 14.2. The van der Waals surface area contributed by atoms with Crippen LogP contribution < -0.4 is 5.32 Å². The van der Waals surface area contributed by atoms with Gasteiger partial charge in [-0.05, 0) is 37.1 Å². The zero-order valence-electron chi connectivity index (χ0n) is 11.4. The van der Waals surface area contributed by atoms with Gasteiger partial charge in [0.05, 0.1) is 13.2 Å². The van der Waals surface area contributed by atoms with Gasteiger partial charge in [-0.3, -0.25) is 4.79 Å². The molecule has 110 valence electrons. The highest BCUT2D eigenvalue weighted by atomic mass is 79.9. The van der Waals surface area contributed by atoms with E-state index >= 15 is 0 Å². The quantitative estimate of drug-likeness (QED) is 0.775. The van der Waals surface area contributed by atoms with Gasteiger partial charge in [-0.1, -0.05) is 15.9 Å². The number of halogens is 1. The first kappa shape index (κ1) is 15.5. The van der Waals surface area contributed by atoms with Gasteiger partial charge in [-0.25, -0.2) is 0 Å². The highest BCUT2D eigenvalue weighted by Crippen LogP contribution is 2.12. The van der Waals surface area contributed by atoms with Crippen molar-refractivity contribution in [3.8, 4) is 0 Å². The van der Waals surface area contributed by atoms with Gasteiger partial charge in [-0.15, -0.1) is 0 Å². The number of rotatable bonds is 7. The topological polar surface area (TPSA) is 47.6 Å². The molecule has 2 rings (SSSR count). The van der Waals surface area contributed by atoms with Crippen LogP contribution in [0.1, 0.15) is 23.2 Å². The van der Waals surface area contributed by atoms with E-state index in [9.17, 15) is 4.79 Å². The number of carbonyl (C=O) groups excluding carboxylic acids is 1. The lowest BCUT2D eigenvalue weighted by molar-refractivity contribution is 0.0853. The van der Waals surface area contributed by atoms with Crippen molar-refractivity contribution in [2.75, 3.05) is 33.0 Å². The van der Waals surface area contributed by atoms with Crippen LogP contribution in [0.5, 0.6) is 0 Å². The van der Waals surface area contributed by atoms with Crippen LogP contribution in [-0.2, 0) is 9.47 Å². The second kappa shape index (κ2) is 8.39. The van der Waals surface area contributed by atoms with Crippen molar-refractivity contribution in [1.82, 2.24) is 5.32 Å². The summed E-state index contributed by atoms with van der Waals surface area (Å²) in [5, 5.41) is 2.89. The van der Waals surface area contributed by atoms with Crippen LogP contribution >= 0.6 is 15.9 Å². The Labute approximate surface area is 128 Å². The average Bonchev–Trinajstić information content (AvgIpc) is 2.96. The van der Waals surface area contributed by atoms with Crippen LogP contribution in [0.2, 0.25) is 0 Å². The van der Waals surface area contributed by atoms with Crippen LogP contribution in [0.4, 0.5) is 0 Å². The van der Waals surface area contributed by atoms with Crippen molar-refractivity contribution < 1.29 is 14.3 Å². The number of ether oxygens (including phenoxy) is 2. The first-order chi connectivity index (χ1) is 9.75. The Balaban J connectivity index is 1.54. The predicted molar refractivity (Wildman–Crippen MR) is 80.8 cm³/mol. The molecule has 1 aliphatic heterocycles. The van der Waals surface area contributed by atoms with Crippen molar-refractivity contribution >= 4 is 21.8 Å². The van der Waals surface area contributed by atoms with E-state index < -0.39 is 0 Å². The molecule has 1 amide bonds. The highest BCUT2D eigenvalue weighted by molar-refractivity contribution is 9.10. The molecule has 1 aromatic carbocycles. The molecule has 1 fully saturated rings. The number of nitrogens with one attached hydrogen (secondary N) is 1. The molecule has 1 atom stereocenters. The Morgan fingerprint density at radius 3 is 2.90 bits per heavy atom. The molecular weight excluding hydrogens is 322 g/mol. The molecule has 1 aromatic rings. The fraction of sp³-hybridized carbons (Fsp3) is 0.533. The van der Waals surface area contributed by atoms with Gasteiger partial charge in [0, 0.05) is 35.7 Å². The Morgan fingerprint density at radius 1 is 1.40 bits per heavy atom. The average molecular weight is 342 g/mol. The Hall–Kier alpha value is -0.910. The van der Waals surface area contributed by atoms with E-state index in [0.29, 0.717) is 24.6 Å². The summed E-state index contributed by atoms with van der Waals surface area (Å²) in [5.41, 5.74) is 0.678. The largest absolute Gasteiger partial charge is 0.381 e. The lowest BCUT2D eigenvalue weighted by Crippen LogP contribution is -2.25. The number of carbonyl (C=O) groups is 1. The predicted octanol–water partition coefficient (Wildman–Crippen LogP) is 2.62. The monoisotopic (exact) mass is 341 g/mol. The van der Waals surface area contributed by atoms with Crippen molar-refractivity contribution in [2.45, 2.75) is 12.8 Å². The van der Waals surface area contributed by atoms with Gasteiger partial charge in [0.25, 0.3) is 5.91 Å². The van der Waals surface area contributed by atoms with Crippen molar-refractivity contribution in [3.63, 3.8) is 0 Å². The molecule has 1 aliphatic rings. The minimum absolute atomic E-state index is 0.0401. The van der Waals surface area contributed by atoms with Crippen LogP contribution in [-0.4, -0.2) is 38.9 Å². The molecule has 1 N–H and O–H groups in total. The summed E-state index contributed by atoms with van der Waals surface area (Å²) in [6, 6.07) is 7.33. The SMILES string of the molecule is O=C(NCCCOCC1CCOC1)c1ccc(Br)cc1. The molecule has 5 heteroatoms. The maximum absolute atomic E-state index is 11.8. The molecule has 0 aromatic heterocycles. The third-order valence-electron chi connectivity index (χ3n) is 3.23. The van der Waals surface area contributed by atoms with Gasteiger partial charge in [0.15, 0.2) is 0 Å². The molecule has 0 saturated carbocycles. The molecule has 0 bridgehead atoms. The summed E-state index contributed by atoms with van der Waals surface area (Å²) in [7, 11) is 0. The molecule has 4 nitrogen and oxygen atoms in total. The van der Waals surface area contributed by atoms with E-state index in [2.05, 4.69) is 21.2 Å². The van der Waals surface area contributed by atoms with Crippen LogP contribution in [0.15, 0.2) is 28.7 Å². The second-order valence-corrected chi connectivity index (χ2v) is 5.84. The molecule has 1 heterocycles. The number of benzene rings is 1. The molecule has 1 unspecified atom stereocenters. The Kier molecular flexibility index (Phi) is 6.50. The molecule has 0 spiro atoms. The van der Waals surface area contributed by atoms with E-state index in [1.165, 1.54) is 0 Å². The summed E-state index contributed by atoms with van der Waals surface area (Å²) in [4.78, 5) is 11.8. The minimum atomic E-state index is -0.0401. The van der Waals surface area contributed by atoms with E-state index in [0.717, 1.165) is 37.1 Å². The van der Waals surface area contributed by atoms with E-state index in [4.69, 9.17) is 9.47 Å². The zero-order valence-corrected chi connectivity index (χ0v) is 13.0. The number of hydrogen-bond acceptors (Lipinski definition) is 3. The lowest BCUT2D eigenvalue weighted by atomic mass is 10.1. The van der Waals surface area contributed by atoms with Gasteiger partial charge in [0.2, 0.25) is 0 Å². The van der Waals surface area contributed by atoms with E-state index in [-0.39, 0.29) is 5.91 Å².